The van der Waals surface area contributed by atoms with E-state index in [-0.39, 0.29) is 29.5 Å². The first-order valence-corrected chi connectivity index (χ1v) is 12.6. The molecule has 2 amide bonds. The molecule has 5 rings (SSSR count). The smallest absolute Gasteiger partial charge is 0.269 e. The number of nitro groups is 1. The van der Waals surface area contributed by atoms with Crippen molar-refractivity contribution < 1.29 is 18.9 Å². The second kappa shape index (κ2) is 10.8. The first kappa shape index (κ1) is 25.1. The Morgan fingerprint density at radius 3 is 2.50 bits per heavy atom. The molecule has 0 fully saturated rings. The zero-order chi connectivity index (χ0) is 26.6. The lowest BCUT2D eigenvalue weighted by Crippen LogP contribution is -2.30. The number of hydrogen-bond donors (Lipinski definition) is 1. The van der Waals surface area contributed by atoms with Crippen LogP contribution in [0.3, 0.4) is 0 Å². The number of carbonyl (C=O) groups excluding carboxylic acids is 2. The van der Waals surface area contributed by atoms with Crippen LogP contribution in [0, 0.1) is 15.9 Å². The predicted octanol–water partition coefficient (Wildman–Crippen LogP) is 3.93. The molecule has 0 atom stereocenters. The first-order valence-electron chi connectivity index (χ1n) is 11.6. The second-order valence-electron chi connectivity index (χ2n) is 8.41. The number of para-hydroxylation sites is 1. The number of non-ortho nitro benzene ring substituents is 1. The van der Waals surface area contributed by atoms with Gasteiger partial charge in [-0.25, -0.2) is 4.39 Å². The van der Waals surface area contributed by atoms with Gasteiger partial charge in [0.25, 0.3) is 11.6 Å². The highest BCUT2D eigenvalue weighted by atomic mass is 32.2. The molecule has 3 aromatic carbocycles. The molecule has 192 valence electrons. The molecule has 4 aromatic rings. The third-order valence-electron chi connectivity index (χ3n) is 6.05. The topological polar surface area (TPSA) is 123 Å². The molecule has 1 aromatic heterocycles. The molecular weight excluding hydrogens is 511 g/mol. The monoisotopic (exact) mass is 532 g/mol. The number of nitrogens with zero attached hydrogens (tertiary/aromatic N) is 5. The summed E-state index contributed by atoms with van der Waals surface area (Å²) in [5.74, 6) is -0.449. The number of nitro benzene ring substituents is 1. The lowest BCUT2D eigenvalue weighted by molar-refractivity contribution is -0.384. The average molecular weight is 533 g/mol. The summed E-state index contributed by atoms with van der Waals surface area (Å²) in [6.45, 7) is 0.595. The van der Waals surface area contributed by atoms with Gasteiger partial charge in [0, 0.05) is 35.6 Å². The third-order valence-corrected chi connectivity index (χ3v) is 6.96. The molecule has 1 N–H and O–H groups in total. The minimum Gasteiger partial charge on any atom is -0.345 e. The molecule has 0 radical (unpaired) electrons. The number of thioether (sulfide) groups is 1. The van der Waals surface area contributed by atoms with Gasteiger partial charge in [0.1, 0.15) is 5.82 Å². The molecule has 1 aliphatic heterocycles. The van der Waals surface area contributed by atoms with E-state index in [9.17, 15) is 24.1 Å². The Morgan fingerprint density at radius 1 is 1.03 bits per heavy atom. The summed E-state index contributed by atoms with van der Waals surface area (Å²) in [5.41, 5.74) is 2.73. The summed E-state index contributed by atoms with van der Waals surface area (Å²) in [6, 6.07) is 18.7. The van der Waals surface area contributed by atoms with Gasteiger partial charge in [-0.2, -0.15) is 0 Å². The molecule has 38 heavy (non-hydrogen) atoms. The van der Waals surface area contributed by atoms with E-state index >= 15 is 0 Å². The molecular formula is C26H21FN6O4S. The highest BCUT2D eigenvalue weighted by Gasteiger charge is 2.25. The van der Waals surface area contributed by atoms with Crippen molar-refractivity contribution >= 4 is 35.0 Å². The molecule has 0 saturated carbocycles. The largest absolute Gasteiger partial charge is 0.345 e. The van der Waals surface area contributed by atoms with Crippen LogP contribution in [0.15, 0.2) is 78.0 Å². The van der Waals surface area contributed by atoms with E-state index in [1.165, 1.54) is 48.2 Å². The van der Waals surface area contributed by atoms with Crippen LogP contribution < -0.4 is 10.2 Å². The standard InChI is InChI=1S/C26H21FN6O4S/c27-19-7-11-20(12-8-19)32-23(15-28-25(35)18-5-9-21(10-6-18)33(36)37)29-30-26(32)38-16-24(34)31-14-13-17-3-1-2-4-22(17)31/h1-12H,13-16H2,(H,28,35). The van der Waals surface area contributed by atoms with E-state index < -0.39 is 16.6 Å². The van der Waals surface area contributed by atoms with Crippen LogP contribution in [0.2, 0.25) is 0 Å². The van der Waals surface area contributed by atoms with Gasteiger partial charge in [0.05, 0.1) is 17.2 Å². The Morgan fingerprint density at radius 2 is 1.76 bits per heavy atom. The summed E-state index contributed by atoms with van der Waals surface area (Å²) in [4.78, 5) is 37.7. The Kier molecular flexibility index (Phi) is 7.13. The normalized spacial score (nSPS) is 12.3. The van der Waals surface area contributed by atoms with Crippen molar-refractivity contribution in [2.75, 3.05) is 17.2 Å². The summed E-state index contributed by atoms with van der Waals surface area (Å²) in [7, 11) is 0. The molecule has 0 bridgehead atoms. The van der Waals surface area contributed by atoms with Crippen LogP contribution in [0.25, 0.3) is 5.69 Å². The van der Waals surface area contributed by atoms with E-state index in [0.717, 1.165) is 17.7 Å². The lowest BCUT2D eigenvalue weighted by Gasteiger charge is -2.17. The molecule has 12 heteroatoms. The van der Waals surface area contributed by atoms with Crippen LogP contribution in [-0.4, -0.2) is 43.8 Å². The maximum absolute atomic E-state index is 13.6. The van der Waals surface area contributed by atoms with Gasteiger partial charge in [-0.1, -0.05) is 30.0 Å². The highest BCUT2D eigenvalue weighted by Crippen LogP contribution is 2.29. The van der Waals surface area contributed by atoms with Gasteiger partial charge in [0.15, 0.2) is 11.0 Å². The van der Waals surface area contributed by atoms with Crippen molar-refractivity contribution in [3.63, 3.8) is 0 Å². The van der Waals surface area contributed by atoms with Crippen molar-refractivity contribution in [1.29, 1.82) is 0 Å². The molecule has 0 saturated heterocycles. The maximum Gasteiger partial charge on any atom is 0.269 e. The van der Waals surface area contributed by atoms with Crippen LogP contribution in [0.4, 0.5) is 15.8 Å². The van der Waals surface area contributed by atoms with Gasteiger partial charge in [-0.05, 0) is 54.4 Å². The SMILES string of the molecule is O=C(NCc1nnc(SCC(=O)N2CCc3ccccc32)n1-c1ccc(F)cc1)c1ccc([N+](=O)[O-])cc1. The van der Waals surface area contributed by atoms with Crippen LogP contribution in [-0.2, 0) is 17.8 Å². The Bertz CT molecular complexity index is 1510. The number of nitrogens with one attached hydrogen (secondary N) is 1. The number of carbonyl (C=O) groups is 2. The number of hydrogen-bond acceptors (Lipinski definition) is 7. The number of rotatable bonds is 8. The minimum absolute atomic E-state index is 0.0196. The zero-order valence-corrected chi connectivity index (χ0v) is 20.7. The summed E-state index contributed by atoms with van der Waals surface area (Å²) in [5, 5.41) is 22.4. The number of amides is 2. The van der Waals surface area contributed by atoms with E-state index in [1.807, 2.05) is 24.3 Å². The summed E-state index contributed by atoms with van der Waals surface area (Å²) < 4.78 is 15.3. The number of benzene rings is 3. The van der Waals surface area contributed by atoms with Crippen LogP contribution in [0.1, 0.15) is 21.7 Å². The van der Waals surface area contributed by atoms with Gasteiger partial charge in [0.2, 0.25) is 5.91 Å². The number of aromatic nitrogens is 3. The number of fused-ring (bicyclic) bond motifs is 1. The van der Waals surface area contributed by atoms with E-state index in [2.05, 4.69) is 15.5 Å². The zero-order valence-electron chi connectivity index (χ0n) is 19.9. The van der Waals surface area contributed by atoms with Crippen LogP contribution >= 0.6 is 11.8 Å². The summed E-state index contributed by atoms with van der Waals surface area (Å²) in [6.07, 6.45) is 0.803. The fraction of sp³-hybridized carbons (Fsp3) is 0.154. The predicted molar refractivity (Wildman–Crippen MR) is 139 cm³/mol. The minimum atomic E-state index is -0.542. The lowest BCUT2D eigenvalue weighted by atomic mass is 10.2. The average Bonchev–Trinajstić information content (AvgIpc) is 3.55. The third kappa shape index (κ3) is 5.25. The maximum atomic E-state index is 13.6. The van der Waals surface area contributed by atoms with Crippen molar-refractivity contribution in [2.24, 2.45) is 0 Å². The molecule has 10 nitrogen and oxygen atoms in total. The van der Waals surface area contributed by atoms with Gasteiger partial charge in [-0.15, -0.1) is 10.2 Å². The van der Waals surface area contributed by atoms with Gasteiger partial charge in [-0.3, -0.25) is 24.3 Å². The number of halogens is 1. The van der Waals surface area contributed by atoms with Crippen LogP contribution in [0.5, 0.6) is 0 Å². The fourth-order valence-corrected chi connectivity index (χ4v) is 5.00. The molecule has 1 aliphatic rings. The summed E-state index contributed by atoms with van der Waals surface area (Å²) >= 11 is 1.20. The van der Waals surface area contributed by atoms with E-state index in [4.69, 9.17) is 0 Å². The van der Waals surface area contributed by atoms with E-state index in [0.29, 0.717) is 23.2 Å². The molecule has 2 heterocycles. The van der Waals surface area contributed by atoms with Gasteiger partial charge >= 0.3 is 0 Å². The molecule has 0 unspecified atom stereocenters. The fourth-order valence-electron chi connectivity index (χ4n) is 4.16. The highest BCUT2D eigenvalue weighted by molar-refractivity contribution is 7.99. The molecule has 0 spiro atoms. The molecule has 0 aliphatic carbocycles. The van der Waals surface area contributed by atoms with Crippen molar-refractivity contribution in [3.05, 3.63) is 106 Å². The Balaban J connectivity index is 1.32. The second-order valence-corrected chi connectivity index (χ2v) is 9.35. The van der Waals surface area contributed by atoms with Crippen molar-refractivity contribution in [3.8, 4) is 5.69 Å². The Labute approximate surface area is 220 Å². The quantitative estimate of drug-likeness (QED) is 0.207. The number of anilines is 1. The Hall–Kier alpha value is -4.58. The van der Waals surface area contributed by atoms with Gasteiger partial charge < -0.3 is 10.2 Å². The van der Waals surface area contributed by atoms with Crippen molar-refractivity contribution in [1.82, 2.24) is 20.1 Å². The van der Waals surface area contributed by atoms with E-state index in [1.54, 1.807) is 21.6 Å². The first-order chi connectivity index (χ1) is 18.4. The van der Waals surface area contributed by atoms with Crippen molar-refractivity contribution in [2.45, 2.75) is 18.1 Å².